The Hall–Kier alpha value is -2.55. The van der Waals surface area contributed by atoms with Crippen molar-refractivity contribution in [1.29, 1.82) is 0 Å². The van der Waals surface area contributed by atoms with E-state index in [4.69, 9.17) is 9.47 Å². The Balaban J connectivity index is 2.55. The van der Waals surface area contributed by atoms with Gasteiger partial charge in [0.2, 0.25) is 0 Å². The van der Waals surface area contributed by atoms with E-state index in [0.29, 0.717) is 5.69 Å². The zero-order valence-corrected chi connectivity index (χ0v) is 16.5. The third kappa shape index (κ3) is 3.67. The molecule has 2 rings (SSSR count). The van der Waals surface area contributed by atoms with E-state index in [1.165, 1.54) is 17.9 Å². The fourth-order valence-electron chi connectivity index (χ4n) is 2.54. The SMILES string of the molecule is CCOC(=O)c1c(C)nn(C)c1NS(=O)(=O)c1cc(C)c(C)cc1OC. The Kier molecular flexibility index (Phi) is 5.60. The van der Waals surface area contributed by atoms with Crippen LogP contribution in [0.4, 0.5) is 5.82 Å². The predicted octanol–water partition coefficient (Wildman–Crippen LogP) is 2.33. The molecule has 1 heterocycles. The molecule has 1 aromatic carbocycles. The molecule has 0 amide bonds. The smallest absolute Gasteiger partial charge is 0.343 e. The Labute approximate surface area is 153 Å². The summed E-state index contributed by atoms with van der Waals surface area (Å²) >= 11 is 0. The number of nitrogens with zero attached hydrogens (tertiary/aromatic N) is 2. The Morgan fingerprint density at radius 2 is 1.85 bits per heavy atom. The van der Waals surface area contributed by atoms with E-state index in [2.05, 4.69) is 9.82 Å². The second-order valence-corrected chi connectivity index (χ2v) is 7.50. The highest BCUT2D eigenvalue weighted by Crippen LogP contribution is 2.30. The van der Waals surface area contributed by atoms with Gasteiger partial charge in [0.15, 0.2) is 5.82 Å². The zero-order valence-electron chi connectivity index (χ0n) is 15.7. The fraction of sp³-hybridized carbons (Fsp3) is 0.412. The number of sulfonamides is 1. The average molecular weight is 381 g/mol. The number of methoxy groups -OCH3 is 1. The maximum Gasteiger partial charge on any atom is 0.343 e. The second-order valence-electron chi connectivity index (χ2n) is 5.85. The maximum atomic E-state index is 13.0. The summed E-state index contributed by atoms with van der Waals surface area (Å²) in [5, 5.41) is 4.12. The zero-order chi connectivity index (χ0) is 19.6. The molecule has 1 aromatic heterocycles. The predicted molar refractivity (Wildman–Crippen MR) is 97.2 cm³/mol. The summed E-state index contributed by atoms with van der Waals surface area (Å²) in [4.78, 5) is 12.2. The Bertz CT molecular complexity index is 948. The average Bonchev–Trinajstić information content (AvgIpc) is 2.82. The van der Waals surface area contributed by atoms with Gasteiger partial charge in [-0.1, -0.05) is 0 Å². The van der Waals surface area contributed by atoms with Crippen molar-refractivity contribution in [3.63, 3.8) is 0 Å². The molecule has 8 nitrogen and oxygen atoms in total. The number of hydrogen-bond donors (Lipinski definition) is 1. The van der Waals surface area contributed by atoms with E-state index in [0.717, 1.165) is 11.1 Å². The number of benzene rings is 1. The summed E-state index contributed by atoms with van der Waals surface area (Å²) < 4.78 is 39.9. The van der Waals surface area contributed by atoms with Crippen molar-refractivity contribution in [2.45, 2.75) is 32.6 Å². The molecule has 0 aliphatic rings. The molecule has 0 bridgehead atoms. The number of anilines is 1. The van der Waals surface area contributed by atoms with Gasteiger partial charge in [-0.05, 0) is 51.0 Å². The van der Waals surface area contributed by atoms with Crippen LogP contribution in [0.25, 0.3) is 0 Å². The van der Waals surface area contributed by atoms with Crippen LogP contribution >= 0.6 is 0 Å². The standard InChI is InChI=1S/C17H23N3O5S/c1-7-25-17(21)15-12(4)18-20(5)16(15)19-26(22,23)14-9-11(3)10(2)8-13(14)24-6/h8-9,19H,7H2,1-6H3. The van der Waals surface area contributed by atoms with Gasteiger partial charge in [0.05, 0.1) is 19.4 Å². The largest absolute Gasteiger partial charge is 0.495 e. The summed E-state index contributed by atoms with van der Waals surface area (Å²) in [5.74, 6) is -0.374. The van der Waals surface area contributed by atoms with Gasteiger partial charge in [-0.15, -0.1) is 0 Å². The first-order valence-electron chi connectivity index (χ1n) is 8.01. The number of nitrogens with one attached hydrogen (secondary N) is 1. The third-order valence-electron chi connectivity index (χ3n) is 4.00. The van der Waals surface area contributed by atoms with Crippen LogP contribution in [0.5, 0.6) is 5.75 Å². The van der Waals surface area contributed by atoms with Crippen molar-refractivity contribution >= 4 is 21.8 Å². The number of aromatic nitrogens is 2. The van der Waals surface area contributed by atoms with Crippen LogP contribution in [-0.4, -0.2) is 37.9 Å². The van der Waals surface area contributed by atoms with E-state index in [1.54, 1.807) is 27.0 Å². The lowest BCUT2D eigenvalue weighted by Gasteiger charge is -2.14. The molecule has 0 fully saturated rings. The van der Waals surface area contributed by atoms with E-state index in [9.17, 15) is 13.2 Å². The molecule has 1 N–H and O–H groups in total. The van der Waals surface area contributed by atoms with Crippen LogP contribution in [-0.2, 0) is 21.8 Å². The number of rotatable bonds is 6. The van der Waals surface area contributed by atoms with Crippen molar-refractivity contribution in [2.75, 3.05) is 18.4 Å². The van der Waals surface area contributed by atoms with E-state index in [1.807, 2.05) is 13.8 Å². The van der Waals surface area contributed by atoms with Gasteiger partial charge in [0.1, 0.15) is 16.2 Å². The fourth-order valence-corrected chi connectivity index (χ4v) is 3.88. The van der Waals surface area contributed by atoms with E-state index < -0.39 is 16.0 Å². The molecular weight excluding hydrogens is 358 g/mol. The molecule has 0 atom stereocenters. The monoisotopic (exact) mass is 381 g/mol. The topological polar surface area (TPSA) is 99.5 Å². The van der Waals surface area contributed by atoms with E-state index >= 15 is 0 Å². The molecule has 0 unspecified atom stereocenters. The van der Waals surface area contributed by atoms with Crippen molar-refractivity contribution in [3.05, 3.63) is 34.5 Å². The Morgan fingerprint density at radius 1 is 1.23 bits per heavy atom. The summed E-state index contributed by atoms with van der Waals surface area (Å²) in [7, 11) is -1.07. The third-order valence-corrected chi connectivity index (χ3v) is 5.36. The molecule has 0 saturated heterocycles. The highest BCUT2D eigenvalue weighted by atomic mass is 32.2. The normalized spacial score (nSPS) is 11.3. The molecule has 0 saturated carbocycles. The minimum Gasteiger partial charge on any atom is -0.495 e. The lowest BCUT2D eigenvalue weighted by Crippen LogP contribution is -2.19. The molecule has 0 aliphatic heterocycles. The number of hydrogen-bond acceptors (Lipinski definition) is 6. The number of esters is 1. The van der Waals surface area contributed by atoms with Crippen LogP contribution < -0.4 is 9.46 Å². The van der Waals surface area contributed by atoms with Crippen LogP contribution in [0.2, 0.25) is 0 Å². The van der Waals surface area contributed by atoms with Gasteiger partial charge in [-0.2, -0.15) is 5.10 Å². The minimum atomic E-state index is -4.02. The van der Waals surface area contributed by atoms with Crippen molar-refractivity contribution < 1.29 is 22.7 Å². The van der Waals surface area contributed by atoms with Crippen LogP contribution in [0.1, 0.15) is 34.1 Å². The first-order valence-corrected chi connectivity index (χ1v) is 9.49. The number of aryl methyl sites for hydroxylation is 4. The summed E-state index contributed by atoms with van der Waals surface area (Å²) in [6.45, 7) is 7.13. The minimum absolute atomic E-state index is 0.0169. The number of carbonyl (C=O) groups is 1. The van der Waals surface area contributed by atoms with E-state index in [-0.39, 0.29) is 28.6 Å². The lowest BCUT2D eigenvalue weighted by atomic mass is 10.1. The highest BCUT2D eigenvalue weighted by molar-refractivity contribution is 7.92. The quantitative estimate of drug-likeness (QED) is 0.771. The molecule has 0 radical (unpaired) electrons. The number of ether oxygens (including phenoxy) is 2. The molecule has 9 heteroatoms. The van der Waals surface area contributed by atoms with Gasteiger partial charge in [-0.25, -0.2) is 13.2 Å². The van der Waals surface area contributed by atoms with Crippen LogP contribution in [0.3, 0.4) is 0 Å². The van der Waals surface area contributed by atoms with Gasteiger partial charge in [0, 0.05) is 7.05 Å². The first kappa shape index (κ1) is 19.8. The lowest BCUT2D eigenvalue weighted by molar-refractivity contribution is 0.0526. The molecule has 0 aliphatic carbocycles. The van der Waals surface area contributed by atoms with Crippen molar-refractivity contribution in [1.82, 2.24) is 9.78 Å². The van der Waals surface area contributed by atoms with Gasteiger partial charge in [-0.3, -0.25) is 9.40 Å². The maximum absolute atomic E-state index is 13.0. The highest BCUT2D eigenvalue weighted by Gasteiger charge is 2.28. The first-order chi connectivity index (χ1) is 12.1. The van der Waals surface area contributed by atoms with Crippen molar-refractivity contribution in [3.8, 4) is 5.75 Å². The molecule has 2 aromatic rings. The molecule has 0 spiro atoms. The van der Waals surface area contributed by atoms with Gasteiger partial charge in [0.25, 0.3) is 10.0 Å². The summed E-state index contributed by atoms with van der Waals surface area (Å²) in [6, 6.07) is 3.19. The van der Waals surface area contributed by atoms with Crippen LogP contribution in [0.15, 0.2) is 17.0 Å². The van der Waals surface area contributed by atoms with Crippen molar-refractivity contribution in [2.24, 2.45) is 7.05 Å². The number of carbonyl (C=O) groups excluding carboxylic acids is 1. The summed E-state index contributed by atoms with van der Waals surface area (Å²) in [5.41, 5.74) is 2.17. The Morgan fingerprint density at radius 3 is 2.42 bits per heavy atom. The molecule has 26 heavy (non-hydrogen) atoms. The van der Waals surface area contributed by atoms with Gasteiger partial charge < -0.3 is 9.47 Å². The second kappa shape index (κ2) is 7.36. The summed E-state index contributed by atoms with van der Waals surface area (Å²) in [6.07, 6.45) is 0. The van der Waals surface area contributed by atoms with Gasteiger partial charge >= 0.3 is 5.97 Å². The van der Waals surface area contributed by atoms with Crippen LogP contribution in [0, 0.1) is 20.8 Å². The molecule has 142 valence electrons. The molecular formula is C17H23N3O5S.